The summed E-state index contributed by atoms with van der Waals surface area (Å²) in [6, 6.07) is 5.14. The number of rotatable bonds is 5. The summed E-state index contributed by atoms with van der Waals surface area (Å²) in [6.45, 7) is 1.91. The highest BCUT2D eigenvalue weighted by Crippen LogP contribution is 2.45. The van der Waals surface area contributed by atoms with Gasteiger partial charge < -0.3 is 14.8 Å². The van der Waals surface area contributed by atoms with E-state index >= 15 is 0 Å². The van der Waals surface area contributed by atoms with E-state index in [1.54, 1.807) is 6.07 Å². The van der Waals surface area contributed by atoms with Crippen LogP contribution in [0.15, 0.2) is 12.1 Å². The monoisotopic (exact) mass is 332 g/mol. The Hall–Kier alpha value is -2.13. The van der Waals surface area contributed by atoms with Crippen LogP contribution in [0.25, 0.3) is 0 Å². The van der Waals surface area contributed by atoms with Gasteiger partial charge in [-0.05, 0) is 43.4 Å². The van der Waals surface area contributed by atoms with Crippen molar-refractivity contribution in [2.24, 2.45) is 11.8 Å². The molecule has 2 aliphatic rings. The van der Waals surface area contributed by atoms with Gasteiger partial charge in [-0.3, -0.25) is 0 Å². The molecule has 1 aromatic rings. The zero-order chi connectivity index (χ0) is 17.1. The summed E-state index contributed by atoms with van der Waals surface area (Å²) < 4.78 is 24.7. The van der Waals surface area contributed by atoms with E-state index in [9.17, 15) is 14.4 Å². The van der Waals surface area contributed by atoms with Crippen LogP contribution in [-0.2, 0) is 4.74 Å². The highest BCUT2D eigenvalue weighted by atomic mass is 19.1. The quantitative estimate of drug-likeness (QED) is 0.839. The van der Waals surface area contributed by atoms with Crippen molar-refractivity contribution in [3.63, 3.8) is 0 Å². The molecular weight excluding hydrogens is 311 g/mol. The molecule has 2 unspecified atom stereocenters. The smallest absolute Gasteiger partial charge is 0.340 e. The van der Waals surface area contributed by atoms with E-state index in [2.05, 4.69) is 16.1 Å². The lowest BCUT2D eigenvalue weighted by Gasteiger charge is -2.27. The molecular formula is C18H21FN2O3. The van der Waals surface area contributed by atoms with Crippen molar-refractivity contribution in [3.8, 4) is 11.8 Å². The van der Waals surface area contributed by atoms with Crippen LogP contribution in [0.4, 0.5) is 4.39 Å². The van der Waals surface area contributed by atoms with Crippen LogP contribution < -0.4 is 10.1 Å². The molecule has 0 amide bonds. The lowest BCUT2D eigenvalue weighted by molar-refractivity contribution is 0.0595. The van der Waals surface area contributed by atoms with Gasteiger partial charge in [-0.2, -0.15) is 5.26 Å². The summed E-state index contributed by atoms with van der Waals surface area (Å²) in [5.74, 6) is -0.483. The van der Waals surface area contributed by atoms with E-state index < -0.39 is 11.8 Å². The van der Waals surface area contributed by atoms with Gasteiger partial charge in [0.05, 0.1) is 31.3 Å². The standard InChI is InChI=1S/C18H21FN2O3/c1-23-18(22)15-6-14(11-2-3-11)17(7-16(15)19)24-10-12-4-5-21-9-13(12)8-20/h6-7,11-13,21H,2-5,9-10H2,1H3. The second kappa shape index (κ2) is 7.18. The molecule has 1 saturated heterocycles. The summed E-state index contributed by atoms with van der Waals surface area (Å²) in [6.07, 6.45) is 2.88. The fraction of sp³-hybridized carbons (Fsp3) is 0.556. The van der Waals surface area contributed by atoms with Crippen molar-refractivity contribution in [2.45, 2.75) is 25.2 Å². The number of esters is 1. The van der Waals surface area contributed by atoms with E-state index in [-0.39, 0.29) is 17.4 Å². The number of carbonyl (C=O) groups excluding carboxylic acids is 1. The Balaban J connectivity index is 1.78. The molecule has 1 aliphatic carbocycles. The minimum atomic E-state index is -0.677. The number of hydrogen-bond acceptors (Lipinski definition) is 5. The number of nitriles is 1. The first-order chi connectivity index (χ1) is 11.6. The number of ether oxygens (including phenoxy) is 2. The maximum absolute atomic E-state index is 14.2. The van der Waals surface area contributed by atoms with Gasteiger partial charge in [0.1, 0.15) is 11.6 Å². The molecule has 0 aromatic heterocycles. The second-order valence-corrected chi connectivity index (χ2v) is 6.44. The Morgan fingerprint density at radius 2 is 2.21 bits per heavy atom. The normalized spacial score (nSPS) is 23.4. The van der Waals surface area contributed by atoms with Gasteiger partial charge in [-0.15, -0.1) is 0 Å². The Kier molecular flexibility index (Phi) is 5.00. The number of nitrogens with zero attached hydrogens (tertiary/aromatic N) is 1. The largest absolute Gasteiger partial charge is 0.493 e. The van der Waals surface area contributed by atoms with Gasteiger partial charge in [-0.1, -0.05) is 0 Å². The van der Waals surface area contributed by atoms with Crippen molar-refractivity contribution in [3.05, 3.63) is 29.1 Å². The van der Waals surface area contributed by atoms with Crippen molar-refractivity contribution in [1.82, 2.24) is 5.32 Å². The molecule has 24 heavy (non-hydrogen) atoms. The topological polar surface area (TPSA) is 71.3 Å². The molecule has 1 N–H and O–H groups in total. The third-order valence-corrected chi connectivity index (χ3v) is 4.77. The summed E-state index contributed by atoms with van der Waals surface area (Å²) in [7, 11) is 1.24. The third-order valence-electron chi connectivity index (χ3n) is 4.77. The SMILES string of the molecule is COC(=O)c1cc(C2CC2)c(OCC2CCNCC2C#N)cc1F. The number of methoxy groups -OCH3 is 1. The second-order valence-electron chi connectivity index (χ2n) is 6.44. The number of benzene rings is 1. The number of hydrogen-bond donors (Lipinski definition) is 1. The first kappa shape index (κ1) is 16.7. The Morgan fingerprint density at radius 3 is 2.88 bits per heavy atom. The minimum Gasteiger partial charge on any atom is -0.493 e. The average molecular weight is 332 g/mol. The molecule has 1 heterocycles. The Morgan fingerprint density at radius 1 is 1.42 bits per heavy atom. The van der Waals surface area contributed by atoms with Crippen LogP contribution in [-0.4, -0.2) is 32.8 Å². The highest BCUT2D eigenvalue weighted by Gasteiger charge is 2.31. The predicted octanol–water partition coefficient (Wildman–Crippen LogP) is 2.62. The summed E-state index contributed by atoms with van der Waals surface area (Å²) in [5, 5.41) is 12.4. The first-order valence-corrected chi connectivity index (χ1v) is 8.29. The van der Waals surface area contributed by atoms with Crippen molar-refractivity contribution in [1.29, 1.82) is 5.26 Å². The van der Waals surface area contributed by atoms with E-state index in [0.29, 0.717) is 24.8 Å². The number of nitrogens with one attached hydrogen (secondary N) is 1. The zero-order valence-electron chi connectivity index (χ0n) is 13.7. The molecule has 3 rings (SSSR count). The highest BCUT2D eigenvalue weighted by molar-refractivity contribution is 5.90. The maximum Gasteiger partial charge on any atom is 0.340 e. The molecule has 2 fully saturated rings. The zero-order valence-corrected chi connectivity index (χ0v) is 13.7. The van der Waals surface area contributed by atoms with Gasteiger partial charge in [0.25, 0.3) is 0 Å². The van der Waals surface area contributed by atoms with Crippen molar-refractivity contribution < 1.29 is 18.7 Å². The van der Waals surface area contributed by atoms with Crippen LogP contribution in [0.5, 0.6) is 5.75 Å². The predicted molar refractivity (Wildman–Crippen MR) is 85.3 cm³/mol. The summed E-state index contributed by atoms with van der Waals surface area (Å²) >= 11 is 0. The van der Waals surface area contributed by atoms with Crippen molar-refractivity contribution in [2.75, 3.05) is 26.8 Å². The Bertz CT molecular complexity index is 667. The minimum absolute atomic E-state index is 0.0523. The number of halogens is 1. The fourth-order valence-corrected chi connectivity index (χ4v) is 3.14. The molecule has 6 heteroatoms. The lowest BCUT2D eigenvalue weighted by Crippen LogP contribution is -2.38. The van der Waals surface area contributed by atoms with Crippen LogP contribution in [0.2, 0.25) is 0 Å². The average Bonchev–Trinajstić information content (AvgIpc) is 3.44. The van der Waals surface area contributed by atoms with Gasteiger partial charge in [-0.25, -0.2) is 9.18 Å². The molecule has 128 valence electrons. The van der Waals surface area contributed by atoms with Crippen LogP contribution in [0.1, 0.15) is 41.1 Å². The van der Waals surface area contributed by atoms with E-state index in [0.717, 1.165) is 31.4 Å². The number of piperidine rings is 1. The fourth-order valence-electron chi connectivity index (χ4n) is 3.14. The van der Waals surface area contributed by atoms with Gasteiger partial charge in [0, 0.05) is 18.5 Å². The molecule has 2 atom stereocenters. The lowest BCUT2D eigenvalue weighted by atomic mass is 9.88. The maximum atomic E-state index is 14.2. The molecule has 5 nitrogen and oxygen atoms in total. The van der Waals surface area contributed by atoms with Crippen LogP contribution >= 0.6 is 0 Å². The van der Waals surface area contributed by atoms with Gasteiger partial charge in [0.2, 0.25) is 0 Å². The first-order valence-electron chi connectivity index (χ1n) is 8.29. The Labute approximate surface area is 140 Å². The van der Waals surface area contributed by atoms with Gasteiger partial charge in [0.15, 0.2) is 0 Å². The van der Waals surface area contributed by atoms with Gasteiger partial charge >= 0.3 is 5.97 Å². The van der Waals surface area contributed by atoms with Crippen molar-refractivity contribution >= 4 is 5.97 Å². The summed E-state index contributed by atoms with van der Waals surface area (Å²) in [4.78, 5) is 11.7. The molecule has 0 radical (unpaired) electrons. The van der Waals surface area contributed by atoms with E-state index in [4.69, 9.17) is 4.74 Å². The molecule has 1 aromatic carbocycles. The summed E-state index contributed by atoms with van der Waals surface area (Å²) in [5.41, 5.74) is 0.808. The van der Waals surface area contributed by atoms with E-state index in [1.165, 1.54) is 13.2 Å². The van der Waals surface area contributed by atoms with Crippen LogP contribution in [0, 0.1) is 29.0 Å². The number of carbonyl (C=O) groups is 1. The molecule has 0 bridgehead atoms. The van der Waals surface area contributed by atoms with E-state index in [1.807, 2.05) is 0 Å². The third kappa shape index (κ3) is 3.51. The van der Waals surface area contributed by atoms with Crippen LogP contribution in [0.3, 0.4) is 0 Å². The molecule has 1 saturated carbocycles. The molecule has 0 spiro atoms. The molecule has 1 aliphatic heterocycles.